The Labute approximate surface area is 123 Å². The van der Waals surface area contributed by atoms with E-state index in [-0.39, 0.29) is 0 Å². The second-order valence-corrected chi connectivity index (χ2v) is 5.47. The van der Waals surface area contributed by atoms with Crippen LogP contribution in [0.4, 0.5) is 5.82 Å². The number of rotatable bonds is 3. The van der Waals surface area contributed by atoms with Crippen molar-refractivity contribution >= 4 is 22.7 Å². The maximum absolute atomic E-state index is 11.7. The standard InChI is InChI=1S/C16H18N2O3/c1-11-10-12-4-2-3-5-13(12)17-14(11)18-16(15(19)20)6-8-21-9-7-16/h2-5,10H,6-9H2,1H3,(H,17,18)(H,19,20). The molecule has 2 N–H and O–H groups in total. The van der Waals surface area contributed by atoms with Crippen molar-refractivity contribution < 1.29 is 14.6 Å². The minimum atomic E-state index is -0.988. The average molecular weight is 286 g/mol. The van der Waals surface area contributed by atoms with E-state index in [0.29, 0.717) is 31.9 Å². The number of benzene rings is 1. The third-order valence-electron chi connectivity index (χ3n) is 4.03. The second-order valence-electron chi connectivity index (χ2n) is 5.47. The average Bonchev–Trinajstić information content (AvgIpc) is 2.49. The normalized spacial score (nSPS) is 17.6. The lowest BCUT2D eigenvalue weighted by Gasteiger charge is -2.34. The zero-order valence-electron chi connectivity index (χ0n) is 11.9. The molecule has 0 saturated carbocycles. The van der Waals surface area contributed by atoms with Crippen LogP contribution < -0.4 is 5.32 Å². The molecule has 110 valence electrons. The predicted molar refractivity (Wildman–Crippen MR) is 80.5 cm³/mol. The number of nitrogens with one attached hydrogen (secondary N) is 1. The molecule has 0 radical (unpaired) electrons. The lowest BCUT2D eigenvalue weighted by atomic mass is 9.90. The van der Waals surface area contributed by atoms with Crippen molar-refractivity contribution in [3.05, 3.63) is 35.9 Å². The van der Waals surface area contributed by atoms with Crippen molar-refractivity contribution in [2.75, 3.05) is 18.5 Å². The maximum Gasteiger partial charge on any atom is 0.329 e. The summed E-state index contributed by atoms with van der Waals surface area (Å²) in [7, 11) is 0. The van der Waals surface area contributed by atoms with Gasteiger partial charge in [-0.25, -0.2) is 9.78 Å². The van der Waals surface area contributed by atoms with Crippen LogP contribution in [0.3, 0.4) is 0 Å². The van der Waals surface area contributed by atoms with Crippen LogP contribution in [0.25, 0.3) is 10.9 Å². The molecule has 2 aromatic rings. The van der Waals surface area contributed by atoms with E-state index >= 15 is 0 Å². The van der Waals surface area contributed by atoms with Crippen LogP contribution in [0.15, 0.2) is 30.3 Å². The number of carbonyl (C=O) groups is 1. The van der Waals surface area contributed by atoms with E-state index < -0.39 is 11.5 Å². The summed E-state index contributed by atoms with van der Waals surface area (Å²) in [4.78, 5) is 16.3. The van der Waals surface area contributed by atoms with Crippen molar-refractivity contribution in [2.24, 2.45) is 0 Å². The van der Waals surface area contributed by atoms with Crippen LogP contribution in [0.2, 0.25) is 0 Å². The number of carboxylic acids is 1. The molecule has 5 heteroatoms. The number of carboxylic acid groups (broad SMARTS) is 1. The van der Waals surface area contributed by atoms with E-state index in [9.17, 15) is 9.90 Å². The molecule has 3 rings (SSSR count). The number of nitrogens with zero attached hydrogens (tertiary/aromatic N) is 1. The molecule has 0 unspecified atom stereocenters. The summed E-state index contributed by atoms with van der Waals surface area (Å²) >= 11 is 0. The van der Waals surface area contributed by atoms with Gasteiger partial charge in [-0.05, 0) is 24.6 Å². The number of aryl methyl sites for hydroxylation is 1. The second kappa shape index (κ2) is 5.33. The number of fused-ring (bicyclic) bond motifs is 1. The first kappa shape index (κ1) is 13.8. The Hall–Kier alpha value is -2.14. The smallest absolute Gasteiger partial charge is 0.329 e. The molecule has 21 heavy (non-hydrogen) atoms. The van der Waals surface area contributed by atoms with Gasteiger partial charge in [0.25, 0.3) is 0 Å². The SMILES string of the molecule is Cc1cc2ccccc2nc1NC1(C(=O)O)CCOCC1. The van der Waals surface area contributed by atoms with Gasteiger partial charge in [0.1, 0.15) is 11.4 Å². The molecule has 2 heterocycles. The van der Waals surface area contributed by atoms with Gasteiger partial charge < -0.3 is 15.2 Å². The molecular weight excluding hydrogens is 268 g/mol. The summed E-state index contributed by atoms with van der Waals surface area (Å²) in [5.41, 5.74) is 0.817. The van der Waals surface area contributed by atoms with E-state index in [1.165, 1.54) is 0 Å². The van der Waals surface area contributed by atoms with Crippen molar-refractivity contribution in [1.29, 1.82) is 0 Å². The van der Waals surface area contributed by atoms with E-state index in [1.54, 1.807) is 0 Å². The summed E-state index contributed by atoms with van der Waals surface area (Å²) in [6.45, 7) is 2.84. The Kier molecular flexibility index (Phi) is 3.51. The Morgan fingerprint density at radius 3 is 2.76 bits per heavy atom. The minimum Gasteiger partial charge on any atom is -0.480 e. The Morgan fingerprint density at radius 1 is 1.33 bits per heavy atom. The Bertz CT molecular complexity index is 678. The van der Waals surface area contributed by atoms with E-state index in [1.807, 2.05) is 37.3 Å². The highest BCUT2D eigenvalue weighted by Gasteiger charge is 2.40. The fraction of sp³-hybridized carbons (Fsp3) is 0.375. The van der Waals surface area contributed by atoms with Crippen LogP contribution in [0, 0.1) is 6.92 Å². The molecule has 0 atom stereocenters. The number of aliphatic carboxylic acids is 1. The van der Waals surface area contributed by atoms with Crippen LogP contribution in [-0.4, -0.2) is 34.8 Å². The van der Waals surface area contributed by atoms with Gasteiger partial charge in [-0.3, -0.25) is 0 Å². The highest BCUT2D eigenvalue weighted by molar-refractivity contribution is 5.85. The van der Waals surface area contributed by atoms with Gasteiger partial charge in [0.2, 0.25) is 0 Å². The summed E-state index contributed by atoms with van der Waals surface area (Å²) in [5, 5.41) is 13.8. The molecule has 0 spiro atoms. The van der Waals surface area contributed by atoms with Gasteiger partial charge in [-0.1, -0.05) is 18.2 Å². The van der Waals surface area contributed by atoms with E-state index in [2.05, 4.69) is 10.3 Å². The van der Waals surface area contributed by atoms with Gasteiger partial charge in [-0.2, -0.15) is 0 Å². The van der Waals surface area contributed by atoms with E-state index in [0.717, 1.165) is 16.5 Å². The van der Waals surface area contributed by atoms with Crippen molar-refractivity contribution in [1.82, 2.24) is 4.98 Å². The fourth-order valence-electron chi connectivity index (χ4n) is 2.69. The number of aromatic nitrogens is 1. The monoisotopic (exact) mass is 286 g/mol. The van der Waals surface area contributed by atoms with Crippen molar-refractivity contribution in [2.45, 2.75) is 25.3 Å². The summed E-state index contributed by atoms with van der Waals surface area (Å²) in [6.07, 6.45) is 0.882. The number of hydrogen-bond acceptors (Lipinski definition) is 4. The first-order valence-electron chi connectivity index (χ1n) is 7.06. The molecule has 1 aromatic carbocycles. The molecule has 1 fully saturated rings. The van der Waals surface area contributed by atoms with Gasteiger partial charge in [0.05, 0.1) is 5.52 Å². The predicted octanol–water partition coefficient (Wildman–Crippen LogP) is 2.59. The minimum absolute atomic E-state index is 0.441. The molecule has 0 amide bonds. The number of hydrogen-bond donors (Lipinski definition) is 2. The van der Waals surface area contributed by atoms with E-state index in [4.69, 9.17) is 4.74 Å². The van der Waals surface area contributed by atoms with Crippen LogP contribution in [-0.2, 0) is 9.53 Å². The lowest BCUT2D eigenvalue weighted by Crippen LogP contribution is -2.50. The van der Waals surface area contributed by atoms with Crippen molar-refractivity contribution in [3.8, 4) is 0 Å². The van der Waals surface area contributed by atoms with Crippen molar-refractivity contribution in [3.63, 3.8) is 0 Å². The number of pyridine rings is 1. The molecular formula is C16H18N2O3. The third kappa shape index (κ3) is 2.56. The largest absolute Gasteiger partial charge is 0.480 e. The molecule has 1 aromatic heterocycles. The van der Waals surface area contributed by atoms with Gasteiger partial charge >= 0.3 is 5.97 Å². The first-order chi connectivity index (χ1) is 10.1. The van der Waals surface area contributed by atoms with Gasteiger partial charge in [0.15, 0.2) is 0 Å². The van der Waals surface area contributed by atoms with Crippen LogP contribution >= 0.6 is 0 Å². The zero-order chi connectivity index (χ0) is 14.9. The Morgan fingerprint density at radius 2 is 2.05 bits per heavy atom. The number of ether oxygens (including phenoxy) is 1. The molecule has 5 nitrogen and oxygen atoms in total. The summed E-state index contributed by atoms with van der Waals surface area (Å²) in [5.74, 6) is -0.210. The molecule has 1 aliphatic heterocycles. The molecule has 0 aliphatic carbocycles. The number of para-hydroxylation sites is 1. The zero-order valence-corrected chi connectivity index (χ0v) is 11.9. The Balaban J connectivity index is 1.99. The fourth-order valence-corrected chi connectivity index (χ4v) is 2.69. The van der Waals surface area contributed by atoms with Gasteiger partial charge in [0, 0.05) is 31.4 Å². The van der Waals surface area contributed by atoms with Crippen LogP contribution in [0.5, 0.6) is 0 Å². The lowest BCUT2D eigenvalue weighted by molar-refractivity contribution is -0.145. The summed E-state index contributed by atoms with van der Waals surface area (Å²) in [6, 6.07) is 9.85. The first-order valence-corrected chi connectivity index (χ1v) is 7.06. The molecule has 1 saturated heterocycles. The third-order valence-corrected chi connectivity index (χ3v) is 4.03. The highest BCUT2D eigenvalue weighted by Crippen LogP contribution is 2.28. The maximum atomic E-state index is 11.7. The van der Waals surface area contributed by atoms with Gasteiger partial charge in [-0.15, -0.1) is 0 Å². The highest BCUT2D eigenvalue weighted by atomic mass is 16.5. The quantitative estimate of drug-likeness (QED) is 0.907. The van der Waals surface area contributed by atoms with Crippen LogP contribution in [0.1, 0.15) is 18.4 Å². The topological polar surface area (TPSA) is 71.5 Å². The summed E-state index contributed by atoms with van der Waals surface area (Å²) < 4.78 is 5.29. The molecule has 0 bridgehead atoms. The molecule has 1 aliphatic rings. The number of anilines is 1.